The molecule has 0 bridgehead atoms. The van der Waals surface area contributed by atoms with Crippen LogP contribution in [0, 0.1) is 17.6 Å². The van der Waals surface area contributed by atoms with Gasteiger partial charge in [0, 0.05) is 10.9 Å². The first-order valence-electron chi connectivity index (χ1n) is 8.63. The maximum absolute atomic E-state index is 13.7. The number of anilines is 1. The molecular formula is C19H20F2N2O3S. The zero-order valence-corrected chi connectivity index (χ0v) is 15.8. The Bertz CT molecular complexity index is 897. The highest BCUT2D eigenvalue weighted by Gasteiger charge is 2.28. The molecule has 0 saturated heterocycles. The molecule has 3 rings (SSSR count). The normalized spacial score (nSPS) is 17.1. The Morgan fingerprint density at radius 1 is 1.37 bits per heavy atom. The molecule has 0 unspecified atom stereocenters. The molecular weight excluding hydrogens is 374 g/mol. The number of hydrogen-bond donors (Lipinski definition) is 2. The van der Waals surface area contributed by atoms with Crippen LogP contribution >= 0.6 is 11.3 Å². The highest BCUT2D eigenvalue weighted by molar-refractivity contribution is 7.17. The van der Waals surface area contributed by atoms with Crippen molar-refractivity contribution in [3.05, 3.63) is 45.8 Å². The third-order valence-corrected chi connectivity index (χ3v) is 5.73. The number of benzene rings is 1. The van der Waals surface area contributed by atoms with E-state index in [1.807, 2.05) is 0 Å². The summed E-state index contributed by atoms with van der Waals surface area (Å²) in [5.41, 5.74) is 6.77. The minimum Gasteiger partial charge on any atom is -0.478 e. The van der Waals surface area contributed by atoms with Gasteiger partial charge in [-0.05, 0) is 49.8 Å². The average molecular weight is 394 g/mol. The van der Waals surface area contributed by atoms with Crippen LogP contribution < -0.4 is 15.8 Å². The number of amides is 2. The van der Waals surface area contributed by atoms with E-state index in [4.69, 9.17) is 10.5 Å². The van der Waals surface area contributed by atoms with E-state index >= 15 is 0 Å². The van der Waals surface area contributed by atoms with Gasteiger partial charge in [0.25, 0.3) is 11.8 Å². The van der Waals surface area contributed by atoms with Crippen molar-refractivity contribution in [2.75, 3.05) is 5.32 Å². The molecule has 144 valence electrons. The van der Waals surface area contributed by atoms with Gasteiger partial charge in [-0.15, -0.1) is 11.3 Å². The predicted octanol–water partition coefficient (Wildman–Crippen LogP) is 3.66. The molecule has 8 heteroatoms. The van der Waals surface area contributed by atoms with Crippen LogP contribution in [0.5, 0.6) is 5.75 Å². The number of nitrogens with one attached hydrogen (secondary N) is 1. The summed E-state index contributed by atoms with van der Waals surface area (Å²) in [6.45, 7) is 3.58. The lowest BCUT2D eigenvalue weighted by molar-refractivity contribution is -0.122. The second-order valence-electron chi connectivity index (χ2n) is 6.74. The number of hydrogen-bond acceptors (Lipinski definition) is 4. The van der Waals surface area contributed by atoms with Crippen LogP contribution in [-0.2, 0) is 17.6 Å². The number of fused-ring (bicyclic) bond motifs is 1. The molecule has 1 aliphatic carbocycles. The molecule has 0 aliphatic heterocycles. The lowest BCUT2D eigenvalue weighted by atomic mass is 9.88. The Kier molecular flexibility index (Phi) is 5.46. The summed E-state index contributed by atoms with van der Waals surface area (Å²) < 4.78 is 32.0. The van der Waals surface area contributed by atoms with Gasteiger partial charge in [0.1, 0.15) is 10.8 Å². The SMILES string of the molecule is C[C@@H]1CCc2c(sc(NC(=O)[C@H](C)Oc3ccc(F)cc3F)c2C(N)=O)C1. The Morgan fingerprint density at radius 3 is 2.78 bits per heavy atom. The second kappa shape index (κ2) is 7.64. The molecule has 2 amide bonds. The van der Waals surface area contributed by atoms with Crippen molar-refractivity contribution in [2.45, 2.75) is 39.2 Å². The lowest BCUT2D eigenvalue weighted by Crippen LogP contribution is -2.31. The van der Waals surface area contributed by atoms with Crippen LogP contribution in [0.3, 0.4) is 0 Å². The number of carbonyl (C=O) groups excluding carboxylic acids is 2. The summed E-state index contributed by atoms with van der Waals surface area (Å²) in [4.78, 5) is 25.4. The largest absolute Gasteiger partial charge is 0.478 e. The van der Waals surface area contributed by atoms with Crippen LogP contribution in [0.2, 0.25) is 0 Å². The van der Waals surface area contributed by atoms with E-state index in [2.05, 4.69) is 12.2 Å². The van der Waals surface area contributed by atoms with Gasteiger partial charge in [0.2, 0.25) is 0 Å². The van der Waals surface area contributed by atoms with E-state index in [0.29, 0.717) is 22.5 Å². The van der Waals surface area contributed by atoms with Gasteiger partial charge in [-0.25, -0.2) is 8.78 Å². The van der Waals surface area contributed by atoms with Crippen molar-refractivity contribution in [1.82, 2.24) is 0 Å². The summed E-state index contributed by atoms with van der Waals surface area (Å²) in [5, 5.41) is 3.06. The van der Waals surface area contributed by atoms with Gasteiger partial charge >= 0.3 is 0 Å². The zero-order chi connectivity index (χ0) is 19.7. The third-order valence-electron chi connectivity index (χ3n) is 4.56. The number of rotatable bonds is 5. The van der Waals surface area contributed by atoms with Crippen molar-refractivity contribution in [3.8, 4) is 5.75 Å². The van der Waals surface area contributed by atoms with Gasteiger partial charge in [-0.1, -0.05) is 6.92 Å². The smallest absolute Gasteiger partial charge is 0.265 e. The Hall–Kier alpha value is -2.48. The Morgan fingerprint density at radius 2 is 2.11 bits per heavy atom. The Labute approximate surface area is 159 Å². The first kappa shape index (κ1) is 19.3. The number of halogens is 2. The molecule has 27 heavy (non-hydrogen) atoms. The summed E-state index contributed by atoms with van der Waals surface area (Å²) in [5.74, 6) is -2.49. The average Bonchev–Trinajstić information content (AvgIpc) is 2.94. The fourth-order valence-electron chi connectivity index (χ4n) is 3.13. The topological polar surface area (TPSA) is 81.4 Å². The minimum atomic E-state index is -1.05. The van der Waals surface area contributed by atoms with Crippen molar-refractivity contribution in [3.63, 3.8) is 0 Å². The first-order valence-corrected chi connectivity index (χ1v) is 9.44. The quantitative estimate of drug-likeness (QED) is 0.812. The highest BCUT2D eigenvalue weighted by atomic mass is 32.1. The molecule has 1 aliphatic rings. The van der Waals surface area contributed by atoms with Gasteiger partial charge < -0.3 is 15.8 Å². The van der Waals surface area contributed by atoms with Crippen LogP contribution in [0.15, 0.2) is 18.2 Å². The molecule has 1 aromatic heterocycles. The van der Waals surface area contributed by atoms with Gasteiger partial charge in [-0.3, -0.25) is 9.59 Å². The molecule has 1 aromatic carbocycles. The fourth-order valence-corrected chi connectivity index (χ4v) is 4.55. The number of primary amides is 1. The van der Waals surface area contributed by atoms with Crippen LogP contribution in [-0.4, -0.2) is 17.9 Å². The van der Waals surface area contributed by atoms with Crippen molar-refractivity contribution in [2.24, 2.45) is 11.7 Å². The van der Waals surface area contributed by atoms with Gasteiger partial charge in [0.05, 0.1) is 5.56 Å². The van der Waals surface area contributed by atoms with E-state index in [1.165, 1.54) is 18.3 Å². The standard InChI is InChI=1S/C19H20F2N2O3S/c1-9-3-5-12-15(7-9)27-19(16(12)17(22)24)23-18(25)10(2)26-14-6-4-11(20)8-13(14)21/h4,6,8-10H,3,5,7H2,1-2H3,(H2,22,24)(H,23,25)/t9-,10+/m1/s1. The van der Waals surface area contributed by atoms with E-state index in [1.54, 1.807) is 0 Å². The van der Waals surface area contributed by atoms with E-state index in [9.17, 15) is 18.4 Å². The van der Waals surface area contributed by atoms with Crippen molar-refractivity contribution < 1.29 is 23.1 Å². The number of nitrogens with two attached hydrogens (primary N) is 1. The van der Waals surface area contributed by atoms with E-state index in [-0.39, 0.29) is 5.75 Å². The molecule has 0 fully saturated rings. The molecule has 0 radical (unpaired) electrons. The Balaban J connectivity index is 1.78. The molecule has 3 N–H and O–H groups in total. The van der Waals surface area contributed by atoms with Crippen molar-refractivity contribution in [1.29, 1.82) is 0 Å². The molecule has 0 saturated carbocycles. The maximum atomic E-state index is 13.7. The molecule has 5 nitrogen and oxygen atoms in total. The highest BCUT2D eigenvalue weighted by Crippen LogP contribution is 2.39. The summed E-state index contributed by atoms with van der Waals surface area (Å²) in [6, 6.07) is 2.84. The zero-order valence-electron chi connectivity index (χ0n) is 15.0. The number of carbonyl (C=O) groups is 2. The summed E-state index contributed by atoms with van der Waals surface area (Å²) in [6.07, 6.45) is 1.49. The minimum absolute atomic E-state index is 0.228. The van der Waals surface area contributed by atoms with Crippen LogP contribution in [0.25, 0.3) is 0 Å². The molecule has 2 atom stereocenters. The monoisotopic (exact) mass is 394 g/mol. The maximum Gasteiger partial charge on any atom is 0.265 e. The van der Waals surface area contributed by atoms with Crippen LogP contribution in [0.1, 0.15) is 41.1 Å². The second-order valence-corrected chi connectivity index (χ2v) is 7.85. The van der Waals surface area contributed by atoms with E-state index in [0.717, 1.165) is 41.8 Å². The van der Waals surface area contributed by atoms with Crippen LogP contribution in [0.4, 0.5) is 13.8 Å². The first-order chi connectivity index (χ1) is 12.8. The number of ether oxygens (including phenoxy) is 1. The van der Waals surface area contributed by atoms with Crippen molar-refractivity contribution >= 4 is 28.2 Å². The van der Waals surface area contributed by atoms with Gasteiger partial charge in [0.15, 0.2) is 17.7 Å². The van der Waals surface area contributed by atoms with E-state index < -0.39 is 29.6 Å². The number of thiophene rings is 1. The predicted molar refractivity (Wildman–Crippen MR) is 99.1 cm³/mol. The van der Waals surface area contributed by atoms with Gasteiger partial charge in [-0.2, -0.15) is 0 Å². The summed E-state index contributed by atoms with van der Waals surface area (Å²) in [7, 11) is 0. The fraction of sp³-hybridized carbons (Fsp3) is 0.368. The molecule has 1 heterocycles. The molecule has 2 aromatic rings. The lowest BCUT2D eigenvalue weighted by Gasteiger charge is -2.18. The summed E-state index contributed by atoms with van der Waals surface area (Å²) >= 11 is 1.34. The molecule has 0 spiro atoms. The third kappa shape index (κ3) is 4.10.